The van der Waals surface area contributed by atoms with E-state index in [2.05, 4.69) is 15.4 Å². The molecule has 0 saturated carbocycles. The van der Waals surface area contributed by atoms with E-state index in [1.54, 1.807) is 24.4 Å². The second-order valence-corrected chi connectivity index (χ2v) is 4.97. The monoisotopic (exact) mass is 287 g/mol. The first kappa shape index (κ1) is 14.9. The molecule has 0 spiro atoms. The molecule has 2 aromatic rings. The predicted octanol–water partition coefficient (Wildman–Crippen LogP) is 1.75. The number of aromatic amines is 1. The molecule has 110 valence electrons. The van der Waals surface area contributed by atoms with Crippen LogP contribution in [-0.4, -0.2) is 22.5 Å². The van der Waals surface area contributed by atoms with Gasteiger partial charge in [0.05, 0.1) is 18.0 Å². The van der Waals surface area contributed by atoms with Crippen LogP contribution < -0.4 is 11.0 Å². The molecular formula is C15H17N3O3. The fraction of sp³-hybridized carbons (Fsp3) is 0.267. The maximum absolute atomic E-state index is 12.0. The van der Waals surface area contributed by atoms with Gasteiger partial charge in [0.2, 0.25) is 0 Å². The van der Waals surface area contributed by atoms with E-state index >= 15 is 0 Å². The van der Waals surface area contributed by atoms with Crippen LogP contribution in [0.2, 0.25) is 0 Å². The fourth-order valence-electron chi connectivity index (χ4n) is 1.65. The van der Waals surface area contributed by atoms with Crippen molar-refractivity contribution in [3.8, 4) is 11.4 Å². The topological polar surface area (TPSA) is 84.1 Å². The van der Waals surface area contributed by atoms with Gasteiger partial charge in [-0.3, -0.25) is 19.4 Å². The van der Waals surface area contributed by atoms with E-state index in [1.807, 2.05) is 19.9 Å². The first-order chi connectivity index (χ1) is 10.1. The minimum atomic E-state index is -0.565. The first-order valence-corrected chi connectivity index (χ1v) is 6.65. The highest BCUT2D eigenvalue weighted by atomic mass is 16.6. The zero-order valence-corrected chi connectivity index (χ0v) is 11.9. The Hall–Kier alpha value is -2.47. The van der Waals surface area contributed by atoms with Gasteiger partial charge < -0.3 is 4.98 Å². The van der Waals surface area contributed by atoms with Crippen LogP contribution >= 0.6 is 0 Å². The number of carbonyl (C=O) groups excluding carboxylic acids is 1. The summed E-state index contributed by atoms with van der Waals surface area (Å²) in [4.78, 5) is 35.6. The Morgan fingerprint density at radius 2 is 2.14 bits per heavy atom. The zero-order chi connectivity index (χ0) is 15.2. The molecule has 1 amide bonds. The largest absolute Gasteiger partial charge is 0.320 e. The van der Waals surface area contributed by atoms with Crippen molar-refractivity contribution in [1.29, 1.82) is 0 Å². The van der Waals surface area contributed by atoms with Gasteiger partial charge >= 0.3 is 0 Å². The summed E-state index contributed by atoms with van der Waals surface area (Å²) < 4.78 is 0. The van der Waals surface area contributed by atoms with Crippen LogP contribution in [-0.2, 0) is 4.84 Å². The van der Waals surface area contributed by atoms with Gasteiger partial charge in [-0.25, -0.2) is 5.48 Å². The van der Waals surface area contributed by atoms with Gasteiger partial charge in [0.15, 0.2) is 0 Å². The molecule has 0 aliphatic carbocycles. The third-order valence-electron chi connectivity index (χ3n) is 2.68. The Kier molecular flexibility index (Phi) is 4.84. The van der Waals surface area contributed by atoms with Gasteiger partial charge in [-0.15, -0.1) is 0 Å². The van der Waals surface area contributed by atoms with Gasteiger partial charge in [0.1, 0.15) is 5.56 Å². The predicted molar refractivity (Wildman–Crippen MR) is 78.5 cm³/mol. The normalized spacial score (nSPS) is 10.6. The van der Waals surface area contributed by atoms with Crippen molar-refractivity contribution in [2.45, 2.75) is 13.8 Å². The van der Waals surface area contributed by atoms with Gasteiger partial charge in [-0.05, 0) is 30.2 Å². The third-order valence-corrected chi connectivity index (χ3v) is 2.68. The summed E-state index contributed by atoms with van der Waals surface area (Å²) in [5.74, 6) is -0.278. The molecule has 0 aliphatic rings. The standard InChI is InChI=1S/C15H17N3O3/c1-10(2)9-21-18-15(20)11-6-7-13(17-14(11)19)12-5-3-4-8-16-12/h3-8,10H,9H2,1-2H3,(H,17,19)(H,18,20). The summed E-state index contributed by atoms with van der Waals surface area (Å²) in [7, 11) is 0. The average Bonchev–Trinajstić information content (AvgIpc) is 2.47. The third kappa shape index (κ3) is 4.00. The maximum Gasteiger partial charge on any atom is 0.280 e. The Morgan fingerprint density at radius 1 is 1.33 bits per heavy atom. The number of aromatic nitrogens is 2. The molecule has 0 atom stereocenters. The highest BCUT2D eigenvalue weighted by molar-refractivity contribution is 5.93. The second kappa shape index (κ2) is 6.81. The van der Waals surface area contributed by atoms with Crippen LogP contribution in [0.5, 0.6) is 0 Å². The lowest BCUT2D eigenvalue weighted by Gasteiger charge is -2.07. The van der Waals surface area contributed by atoms with Crippen molar-refractivity contribution < 1.29 is 9.63 Å². The highest BCUT2D eigenvalue weighted by Crippen LogP contribution is 2.11. The fourth-order valence-corrected chi connectivity index (χ4v) is 1.65. The zero-order valence-electron chi connectivity index (χ0n) is 11.9. The molecule has 0 aromatic carbocycles. The number of nitrogens with zero attached hydrogens (tertiary/aromatic N) is 1. The van der Waals surface area contributed by atoms with Gasteiger partial charge in [-0.2, -0.15) is 0 Å². The molecule has 2 rings (SSSR count). The SMILES string of the molecule is CC(C)CONC(=O)c1ccc(-c2ccccn2)[nH]c1=O. The summed E-state index contributed by atoms with van der Waals surface area (Å²) in [5.41, 5.74) is 2.96. The molecular weight excluding hydrogens is 270 g/mol. The minimum Gasteiger partial charge on any atom is -0.320 e. The number of amides is 1. The molecule has 0 saturated heterocycles. The summed E-state index contributed by atoms with van der Waals surface area (Å²) in [5, 5.41) is 0. The van der Waals surface area contributed by atoms with Gasteiger partial charge in [0, 0.05) is 6.20 Å². The molecule has 21 heavy (non-hydrogen) atoms. The Labute approximate surface area is 122 Å². The second-order valence-electron chi connectivity index (χ2n) is 4.97. The lowest BCUT2D eigenvalue weighted by molar-refractivity contribution is 0.0207. The quantitative estimate of drug-likeness (QED) is 0.821. The Balaban J connectivity index is 2.13. The average molecular weight is 287 g/mol. The van der Waals surface area contributed by atoms with Crippen LogP contribution in [0.15, 0.2) is 41.3 Å². The molecule has 0 radical (unpaired) electrons. The lowest BCUT2D eigenvalue weighted by Crippen LogP contribution is -2.30. The summed E-state index contributed by atoms with van der Waals surface area (Å²) in [6, 6.07) is 8.48. The number of H-pyrrole nitrogens is 1. The van der Waals surface area contributed by atoms with Gasteiger partial charge in [-0.1, -0.05) is 19.9 Å². The number of rotatable bonds is 5. The summed E-state index contributed by atoms with van der Waals surface area (Å²) >= 11 is 0. The molecule has 0 bridgehead atoms. The molecule has 6 heteroatoms. The smallest absolute Gasteiger partial charge is 0.280 e. The van der Waals surface area contributed by atoms with Crippen LogP contribution in [0.1, 0.15) is 24.2 Å². The number of pyridine rings is 2. The van der Waals surface area contributed by atoms with Crippen molar-refractivity contribution in [3.63, 3.8) is 0 Å². The van der Waals surface area contributed by atoms with Crippen molar-refractivity contribution in [1.82, 2.24) is 15.4 Å². The van der Waals surface area contributed by atoms with Crippen molar-refractivity contribution >= 4 is 5.91 Å². The van der Waals surface area contributed by atoms with Crippen LogP contribution in [0.4, 0.5) is 0 Å². The first-order valence-electron chi connectivity index (χ1n) is 6.65. The number of nitrogens with one attached hydrogen (secondary N) is 2. The van der Waals surface area contributed by atoms with E-state index in [0.717, 1.165) is 0 Å². The van der Waals surface area contributed by atoms with E-state index in [1.165, 1.54) is 6.07 Å². The summed E-state index contributed by atoms with van der Waals surface area (Å²) in [6.07, 6.45) is 1.63. The molecule has 0 unspecified atom stereocenters. The van der Waals surface area contributed by atoms with Crippen LogP contribution in [0, 0.1) is 5.92 Å². The van der Waals surface area contributed by atoms with Crippen molar-refractivity contribution in [2.75, 3.05) is 6.61 Å². The number of hydrogen-bond donors (Lipinski definition) is 2. The molecule has 6 nitrogen and oxygen atoms in total. The maximum atomic E-state index is 12.0. The van der Waals surface area contributed by atoms with E-state index in [-0.39, 0.29) is 11.5 Å². The molecule has 0 fully saturated rings. The Morgan fingerprint density at radius 3 is 2.76 bits per heavy atom. The lowest BCUT2D eigenvalue weighted by atomic mass is 10.2. The summed E-state index contributed by atoms with van der Waals surface area (Å²) in [6.45, 7) is 4.30. The highest BCUT2D eigenvalue weighted by Gasteiger charge is 2.12. The van der Waals surface area contributed by atoms with Gasteiger partial charge in [0.25, 0.3) is 11.5 Å². The molecule has 0 aliphatic heterocycles. The van der Waals surface area contributed by atoms with Crippen LogP contribution in [0.25, 0.3) is 11.4 Å². The van der Waals surface area contributed by atoms with Crippen LogP contribution in [0.3, 0.4) is 0 Å². The molecule has 2 aromatic heterocycles. The van der Waals surface area contributed by atoms with E-state index in [4.69, 9.17) is 4.84 Å². The van der Waals surface area contributed by atoms with Crippen molar-refractivity contribution in [2.24, 2.45) is 5.92 Å². The molecule has 2 N–H and O–H groups in total. The number of hydroxylamine groups is 1. The Bertz CT molecular complexity index is 665. The number of hydrogen-bond acceptors (Lipinski definition) is 4. The number of carbonyl (C=O) groups is 1. The van der Waals surface area contributed by atoms with Crippen molar-refractivity contribution in [3.05, 3.63) is 52.4 Å². The van der Waals surface area contributed by atoms with E-state index in [0.29, 0.717) is 18.0 Å². The molecule has 2 heterocycles. The van der Waals surface area contributed by atoms with E-state index < -0.39 is 11.5 Å². The minimum absolute atomic E-state index is 0.00145. The van der Waals surface area contributed by atoms with E-state index in [9.17, 15) is 9.59 Å².